The van der Waals surface area contributed by atoms with Gasteiger partial charge in [0.15, 0.2) is 7.14 Å². The van der Waals surface area contributed by atoms with Crippen LogP contribution in [0.25, 0.3) is 71.0 Å². The van der Waals surface area contributed by atoms with Gasteiger partial charge in [-0.15, -0.1) is 0 Å². The summed E-state index contributed by atoms with van der Waals surface area (Å²) in [7, 11) is -3.22. The molecule has 0 spiro atoms. The Morgan fingerprint density at radius 1 is 0.429 bits per heavy atom. The number of rotatable bonds is 4. The van der Waals surface area contributed by atoms with Crippen molar-refractivity contribution < 1.29 is 4.57 Å². The lowest BCUT2D eigenvalue weighted by atomic mass is 9.98. The van der Waals surface area contributed by atoms with Crippen LogP contribution in [-0.2, 0) is 4.57 Å². The van der Waals surface area contributed by atoms with Gasteiger partial charge in [0.1, 0.15) is 5.65 Å². The van der Waals surface area contributed by atoms with Crippen LogP contribution in [0.2, 0.25) is 0 Å². The fourth-order valence-electron chi connectivity index (χ4n) is 7.64. The summed E-state index contributed by atoms with van der Waals surface area (Å²) < 4.78 is 17.9. The van der Waals surface area contributed by atoms with E-state index in [1.807, 2.05) is 60.7 Å². The molecule has 0 N–H and O–H groups in total. The van der Waals surface area contributed by atoms with Crippen molar-refractivity contribution in [3.63, 3.8) is 0 Å². The van der Waals surface area contributed by atoms with Gasteiger partial charge in [-0.25, -0.2) is 4.98 Å². The molecule has 49 heavy (non-hydrogen) atoms. The monoisotopic (exact) mass is 644 g/mol. The molecule has 0 aliphatic heterocycles. The Labute approximate surface area is 283 Å². The number of nitrogens with zero attached hydrogens (tertiary/aromatic N) is 2. The van der Waals surface area contributed by atoms with E-state index < -0.39 is 7.14 Å². The smallest absolute Gasteiger partial charge is 0.171 e. The second-order valence-corrected chi connectivity index (χ2v) is 15.5. The molecule has 0 saturated carbocycles. The zero-order chi connectivity index (χ0) is 32.5. The molecule has 0 amide bonds. The van der Waals surface area contributed by atoms with Gasteiger partial charge in [0, 0.05) is 26.7 Å². The van der Waals surface area contributed by atoms with Crippen LogP contribution in [0.4, 0.5) is 0 Å². The van der Waals surface area contributed by atoms with Crippen molar-refractivity contribution in [3.8, 4) is 11.1 Å². The quantitative estimate of drug-likeness (QED) is 0.109. The lowest BCUT2D eigenvalue weighted by Gasteiger charge is -2.21. The Morgan fingerprint density at radius 2 is 1.06 bits per heavy atom. The summed E-state index contributed by atoms with van der Waals surface area (Å²) in [4.78, 5) is 5.30. The molecule has 0 radical (unpaired) electrons. The molecule has 0 bridgehead atoms. The largest absolute Gasteiger partial charge is 0.309 e. The molecule has 10 aromatic rings. The number of aromatic nitrogens is 2. The molecule has 230 valence electrons. The third kappa shape index (κ3) is 4.23. The highest BCUT2D eigenvalue weighted by Gasteiger charge is 2.30. The van der Waals surface area contributed by atoms with Gasteiger partial charge < -0.3 is 4.57 Å². The normalized spacial score (nSPS) is 12.2. The van der Waals surface area contributed by atoms with E-state index in [0.717, 1.165) is 59.8 Å². The zero-order valence-corrected chi connectivity index (χ0v) is 27.4. The molecule has 0 unspecified atom stereocenters. The van der Waals surface area contributed by atoms with Gasteiger partial charge in [0.05, 0.1) is 16.6 Å². The van der Waals surface area contributed by atoms with E-state index in [1.165, 1.54) is 27.1 Å². The summed E-state index contributed by atoms with van der Waals surface area (Å²) in [5.41, 5.74) is 6.14. The summed E-state index contributed by atoms with van der Waals surface area (Å²) in [6.45, 7) is 0. The van der Waals surface area contributed by atoms with Crippen molar-refractivity contribution in [2.24, 2.45) is 0 Å². The highest BCUT2D eigenvalue weighted by atomic mass is 31.2. The van der Waals surface area contributed by atoms with Crippen molar-refractivity contribution in [2.45, 2.75) is 0 Å². The van der Waals surface area contributed by atoms with Crippen LogP contribution in [-0.4, -0.2) is 9.38 Å². The first kappa shape index (κ1) is 28.0. The topological polar surface area (TPSA) is 34.4 Å². The van der Waals surface area contributed by atoms with E-state index in [1.54, 1.807) is 0 Å². The number of hydrogen-bond donors (Lipinski definition) is 0. The second-order valence-electron chi connectivity index (χ2n) is 12.7. The van der Waals surface area contributed by atoms with E-state index >= 15 is 4.57 Å². The number of fused-ring (bicyclic) bond motifs is 10. The van der Waals surface area contributed by atoms with E-state index in [2.05, 4.69) is 120 Å². The number of hydrogen-bond acceptors (Lipinski definition) is 2. The summed E-state index contributed by atoms with van der Waals surface area (Å²) in [6.07, 6.45) is 0. The van der Waals surface area contributed by atoms with Crippen molar-refractivity contribution in [3.05, 3.63) is 176 Å². The van der Waals surface area contributed by atoms with Gasteiger partial charge in [0.25, 0.3) is 0 Å². The second kappa shape index (κ2) is 10.8. The molecule has 2 aromatic heterocycles. The number of benzene rings is 8. The summed E-state index contributed by atoms with van der Waals surface area (Å²) in [5.74, 6) is 0. The minimum Gasteiger partial charge on any atom is -0.309 e. The molecule has 0 fully saturated rings. The van der Waals surface area contributed by atoms with Gasteiger partial charge in [-0.1, -0.05) is 146 Å². The standard InChI is InChI=1S/C45H29N2OP/c48-49(34-16-3-1-4-17-34,35-18-5-2-6-19-35)36-23-24-39-40-26-31-13-7-8-14-32(31)27-41(40)45-46-42-25-22-33(28-44(42)47(45)43(39)29-36)38-21-11-15-30-12-9-10-20-37(30)38/h1-29H. The maximum Gasteiger partial charge on any atom is 0.171 e. The SMILES string of the molecule is O=P(c1ccccc1)(c1ccccc1)c1ccc2c3cc4ccccc4cc3c3nc4ccc(-c5cccc6ccccc56)cc4n3c2c1. The predicted octanol–water partition coefficient (Wildman–Crippen LogP) is 10.4. The Kier molecular flexibility index (Phi) is 6.15. The minimum atomic E-state index is -3.22. The Hall–Kier alpha value is -6.02. The van der Waals surface area contributed by atoms with Crippen LogP contribution >= 0.6 is 7.14 Å². The van der Waals surface area contributed by atoms with Gasteiger partial charge in [-0.2, -0.15) is 0 Å². The molecular weight excluding hydrogens is 615 g/mol. The van der Waals surface area contributed by atoms with E-state index in [9.17, 15) is 0 Å². The van der Waals surface area contributed by atoms with E-state index in [4.69, 9.17) is 4.98 Å². The third-order valence-corrected chi connectivity index (χ3v) is 13.1. The van der Waals surface area contributed by atoms with Gasteiger partial charge in [0.2, 0.25) is 0 Å². The van der Waals surface area contributed by atoms with Crippen LogP contribution in [0.1, 0.15) is 0 Å². The molecule has 0 saturated heterocycles. The highest BCUT2D eigenvalue weighted by molar-refractivity contribution is 7.85. The van der Waals surface area contributed by atoms with E-state index in [-0.39, 0.29) is 0 Å². The Bertz CT molecular complexity index is 2920. The Balaban J connectivity index is 1.34. The molecule has 0 atom stereocenters. The first-order chi connectivity index (χ1) is 24.2. The van der Waals surface area contributed by atoms with Gasteiger partial charge in [-0.3, -0.25) is 4.40 Å². The fourth-order valence-corrected chi connectivity index (χ4v) is 10.3. The van der Waals surface area contributed by atoms with E-state index in [0.29, 0.717) is 0 Å². The third-order valence-electron chi connectivity index (χ3n) is 10.00. The average Bonchev–Trinajstić information content (AvgIpc) is 3.57. The maximum atomic E-state index is 15.6. The van der Waals surface area contributed by atoms with Gasteiger partial charge >= 0.3 is 0 Å². The summed E-state index contributed by atoms with van der Waals surface area (Å²) in [5, 5.41) is 10.5. The summed E-state index contributed by atoms with van der Waals surface area (Å²) in [6, 6.07) is 60.8. The first-order valence-corrected chi connectivity index (χ1v) is 18.3. The highest BCUT2D eigenvalue weighted by Crippen LogP contribution is 2.44. The number of pyridine rings is 1. The molecule has 2 heterocycles. The Morgan fingerprint density at radius 3 is 1.80 bits per heavy atom. The van der Waals surface area contributed by atoms with Gasteiger partial charge in [-0.05, 0) is 68.4 Å². The van der Waals surface area contributed by atoms with Crippen LogP contribution < -0.4 is 15.9 Å². The molecule has 3 nitrogen and oxygen atoms in total. The molecule has 0 aliphatic rings. The van der Waals surface area contributed by atoms with Crippen molar-refractivity contribution in [1.82, 2.24) is 9.38 Å². The molecule has 4 heteroatoms. The van der Waals surface area contributed by atoms with Crippen molar-refractivity contribution in [1.29, 1.82) is 0 Å². The minimum absolute atomic E-state index is 0.797. The van der Waals surface area contributed by atoms with Crippen LogP contribution in [0.15, 0.2) is 176 Å². The predicted molar refractivity (Wildman–Crippen MR) is 208 cm³/mol. The molecular formula is C45H29N2OP. The number of imidazole rings is 1. The molecule has 8 aromatic carbocycles. The lowest BCUT2D eigenvalue weighted by Crippen LogP contribution is -2.25. The average molecular weight is 645 g/mol. The summed E-state index contributed by atoms with van der Waals surface area (Å²) >= 11 is 0. The fraction of sp³-hybridized carbons (Fsp3) is 0. The van der Waals surface area contributed by atoms with Crippen molar-refractivity contribution in [2.75, 3.05) is 0 Å². The molecule has 0 aliphatic carbocycles. The zero-order valence-electron chi connectivity index (χ0n) is 26.5. The first-order valence-electron chi connectivity index (χ1n) is 16.6. The van der Waals surface area contributed by atoms with Crippen LogP contribution in [0.5, 0.6) is 0 Å². The lowest BCUT2D eigenvalue weighted by molar-refractivity contribution is 0.592. The molecule has 10 rings (SSSR count). The van der Waals surface area contributed by atoms with Crippen molar-refractivity contribution >= 4 is 83.0 Å². The van der Waals surface area contributed by atoms with Crippen LogP contribution in [0, 0.1) is 0 Å². The van der Waals surface area contributed by atoms with Crippen LogP contribution in [0.3, 0.4) is 0 Å². The maximum absolute atomic E-state index is 15.6.